The SMILES string of the molecule is COc1ccc(Cl)c2sc(NC(=O)/C=C\c3ccc([N+](=O)[O-])cc3)nc12. The summed E-state index contributed by atoms with van der Waals surface area (Å²) in [5.41, 5.74) is 1.24. The lowest BCUT2D eigenvalue weighted by Gasteiger charge is -2.00. The molecule has 1 amide bonds. The number of amides is 1. The zero-order valence-corrected chi connectivity index (χ0v) is 15.0. The van der Waals surface area contributed by atoms with Crippen molar-refractivity contribution in [1.82, 2.24) is 4.98 Å². The highest BCUT2D eigenvalue weighted by Gasteiger charge is 2.13. The number of benzene rings is 2. The standard InChI is InChI=1S/C17H12ClN3O4S/c1-25-13-8-7-12(18)16-15(13)20-17(26-16)19-14(22)9-4-10-2-5-11(6-3-10)21(23)24/h2-9H,1H3,(H,19,20,22)/b9-4-. The molecule has 0 unspecified atom stereocenters. The van der Waals surface area contributed by atoms with Gasteiger partial charge in [-0.2, -0.15) is 0 Å². The molecule has 26 heavy (non-hydrogen) atoms. The van der Waals surface area contributed by atoms with E-state index in [1.807, 2.05) is 0 Å². The van der Waals surface area contributed by atoms with E-state index < -0.39 is 4.92 Å². The molecule has 0 aliphatic carbocycles. The van der Waals surface area contributed by atoms with Gasteiger partial charge in [0.2, 0.25) is 5.91 Å². The van der Waals surface area contributed by atoms with Crippen LogP contribution in [0, 0.1) is 10.1 Å². The van der Waals surface area contributed by atoms with Crippen LogP contribution in [0.4, 0.5) is 10.8 Å². The lowest BCUT2D eigenvalue weighted by Crippen LogP contribution is -2.07. The van der Waals surface area contributed by atoms with E-state index in [9.17, 15) is 14.9 Å². The van der Waals surface area contributed by atoms with E-state index >= 15 is 0 Å². The number of halogens is 1. The van der Waals surface area contributed by atoms with E-state index in [1.165, 1.54) is 36.7 Å². The molecular weight excluding hydrogens is 378 g/mol. The predicted octanol–water partition coefficient (Wildman–Crippen LogP) is 4.52. The van der Waals surface area contributed by atoms with Gasteiger partial charge in [0.15, 0.2) is 5.13 Å². The number of carbonyl (C=O) groups excluding carboxylic acids is 1. The third-order valence-corrected chi connectivity index (χ3v) is 4.87. The quantitative estimate of drug-likeness (QED) is 0.393. The zero-order chi connectivity index (χ0) is 18.7. The summed E-state index contributed by atoms with van der Waals surface area (Å²) >= 11 is 7.40. The smallest absolute Gasteiger partial charge is 0.269 e. The number of non-ortho nitro benzene ring substituents is 1. The van der Waals surface area contributed by atoms with Gasteiger partial charge in [-0.1, -0.05) is 22.9 Å². The van der Waals surface area contributed by atoms with Crippen LogP contribution in [0.1, 0.15) is 5.56 Å². The van der Waals surface area contributed by atoms with Gasteiger partial charge in [0, 0.05) is 18.2 Å². The minimum Gasteiger partial charge on any atom is -0.494 e. The molecule has 9 heteroatoms. The van der Waals surface area contributed by atoms with Crippen LogP contribution in [-0.4, -0.2) is 22.9 Å². The van der Waals surface area contributed by atoms with E-state index in [-0.39, 0.29) is 11.6 Å². The van der Waals surface area contributed by atoms with Gasteiger partial charge in [0.05, 0.1) is 21.8 Å². The molecule has 0 aliphatic rings. The molecule has 1 heterocycles. The number of nitro benzene ring substituents is 1. The van der Waals surface area contributed by atoms with Crippen LogP contribution in [0.25, 0.3) is 16.3 Å². The number of rotatable bonds is 5. The number of aromatic nitrogens is 1. The molecule has 7 nitrogen and oxygen atoms in total. The zero-order valence-electron chi connectivity index (χ0n) is 13.4. The number of nitrogens with zero attached hydrogens (tertiary/aromatic N) is 2. The first-order chi connectivity index (χ1) is 12.5. The van der Waals surface area contributed by atoms with Crippen molar-refractivity contribution in [1.29, 1.82) is 0 Å². The van der Waals surface area contributed by atoms with Crippen molar-refractivity contribution in [3.05, 3.63) is 63.2 Å². The highest BCUT2D eigenvalue weighted by atomic mass is 35.5. The number of hydrogen-bond acceptors (Lipinski definition) is 6. The van der Waals surface area contributed by atoms with E-state index in [1.54, 1.807) is 30.3 Å². The molecule has 0 atom stereocenters. The summed E-state index contributed by atoms with van der Waals surface area (Å²) in [4.78, 5) is 26.6. The topological polar surface area (TPSA) is 94.4 Å². The number of anilines is 1. The van der Waals surface area contributed by atoms with Crippen LogP contribution in [0.3, 0.4) is 0 Å². The first-order valence-corrected chi connectivity index (χ1v) is 8.54. The lowest BCUT2D eigenvalue weighted by molar-refractivity contribution is -0.384. The maximum Gasteiger partial charge on any atom is 0.269 e. The van der Waals surface area contributed by atoms with Crippen LogP contribution in [0.15, 0.2) is 42.5 Å². The summed E-state index contributed by atoms with van der Waals surface area (Å²) in [6.07, 6.45) is 2.88. The second-order valence-electron chi connectivity index (χ2n) is 5.12. The fourth-order valence-electron chi connectivity index (χ4n) is 2.20. The summed E-state index contributed by atoms with van der Waals surface area (Å²) in [5.74, 6) is 0.195. The van der Waals surface area contributed by atoms with Gasteiger partial charge in [-0.05, 0) is 35.9 Å². The molecule has 2 aromatic carbocycles. The van der Waals surface area contributed by atoms with Crippen molar-refractivity contribution in [2.24, 2.45) is 0 Å². The fourth-order valence-corrected chi connectivity index (χ4v) is 3.36. The van der Waals surface area contributed by atoms with Crippen LogP contribution < -0.4 is 10.1 Å². The van der Waals surface area contributed by atoms with Crippen molar-refractivity contribution < 1.29 is 14.5 Å². The molecule has 1 aromatic heterocycles. The van der Waals surface area contributed by atoms with Gasteiger partial charge >= 0.3 is 0 Å². The monoisotopic (exact) mass is 389 g/mol. The van der Waals surface area contributed by atoms with Crippen LogP contribution in [0.5, 0.6) is 5.75 Å². The van der Waals surface area contributed by atoms with Gasteiger partial charge in [-0.3, -0.25) is 20.2 Å². The van der Waals surface area contributed by atoms with Crippen molar-refractivity contribution in [2.45, 2.75) is 0 Å². The molecule has 3 aromatic rings. The molecule has 1 N–H and O–H groups in total. The van der Waals surface area contributed by atoms with Gasteiger partial charge in [-0.25, -0.2) is 4.98 Å². The Bertz CT molecular complexity index is 1010. The largest absolute Gasteiger partial charge is 0.494 e. The Balaban J connectivity index is 1.74. The van der Waals surface area contributed by atoms with Crippen molar-refractivity contribution in [2.75, 3.05) is 12.4 Å². The maximum absolute atomic E-state index is 12.1. The molecule has 0 saturated heterocycles. The Morgan fingerprint density at radius 2 is 2.04 bits per heavy atom. The summed E-state index contributed by atoms with van der Waals surface area (Å²) < 4.78 is 5.97. The molecule has 0 saturated carbocycles. The summed E-state index contributed by atoms with van der Waals surface area (Å²) in [5, 5.41) is 14.2. The molecule has 0 fully saturated rings. The highest BCUT2D eigenvalue weighted by Crippen LogP contribution is 2.37. The number of methoxy groups -OCH3 is 1. The Kier molecular flexibility index (Phi) is 5.15. The van der Waals surface area contributed by atoms with E-state index in [0.29, 0.717) is 27.0 Å². The van der Waals surface area contributed by atoms with E-state index in [4.69, 9.17) is 16.3 Å². The van der Waals surface area contributed by atoms with Gasteiger partial charge in [0.25, 0.3) is 5.69 Å². The lowest BCUT2D eigenvalue weighted by atomic mass is 10.2. The van der Waals surface area contributed by atoms with Gasteiger partial charge in [0.1, 0.15) is 11.3 Å². The van der Waals surface area contributed by atoms with Gasteiger partial charge in [-0.15, -0.1) is 0 Å². The second kappa shape index (κ2) is 7.51. The third kappa shape index (κ3) is 3.81. The average Bonchev–Trinajstić information content (AvgIpc) is 3.05. The van der Waals surface area contributed by atoms with Crippen LogP contribution in [-0.2, 0) is 4.79 Å². The number of thiazole rings is 1. The van der Waals surface area contributed by atoms with Crippen LogP contribution in [0.2, 0.25) is 5.02 Å². The molecule has 0 aliphatic heterocycles. The Labute approximate surface area is 157 Å². The number of ether oxygens (including phenoxy) is 1. The molecule has 0 spiro atoms. The molecular formula is C17H12ClN3O4S. The molecule has 0 radical (unpaired) electrons. The maximum atomic E-state index is 12.1. The summed E-state index contributed by atoms with van der Waals surface area (Å²) in [7, 11) is 1.53. The van der Waals surface area contributed by atoms with Crippen LogP contribution >= 0.6 is 22.9 Å². The Morgan fingerprint density at radius 1 is 1.31 bits per heavy atom. The van der Waals surface area contributed by atoms with Gasteiger partial charge < -0.3 is 4.74 Å². The number of carbonyl (C=O) groups is 1. The Hall–Kier alpha value is -2.97. The summed E-state index contributed by atoms with van der Waals surface area (Å²) in [6.45, 7) is 0. The van der Waals surface area contributed by atoms with E-state index in [0.717, 1.165) is 4.70 Å². The fraction of sp³-hybridized carbons (Fsp3) is 0.0588. The number of fused-ring (bicyclic) bond motifs is 1. The molecule has 132 valence electrons. The highest BCUT2D eigenvalue weighted by molar-refractivity contribution is 7.23. The minimum absolute atomic E-state index is 0.00750. The summed E-state index contributed by atoms with van der Waals surface area (Å²) in [6, 6.07) is 9.29. The van der Waals surface area contributed by atoms with Crippen molar-refractivity contribution in [3.63, 3.8) is 0 Å². The number of nitro groups is 1. The molecule has 0 bridgehead atoms. The number of hydrogen-bond donors (Lipinski definition) is 1. The molecule has 3 rings (SSSR count). The number of nitrogens with one attached hydrogen (secondary N) is 1. The second-order valence-corrected chi connectivity index (χ2v) is 6.52. The third-order valence-electron chi connectivity index (χ3n) is 3.44. The normalized spacial score (nSPS) is 11.0. The minimum atomic E-state index is -0.479. The van der Waals surface area contributed by atoms with Crippen molar-refractivity contribution in [3.8, 4) is 5.75 Å². The first kappa shape index (κ1) is 17.8. The first-order valence-electron chi connectivity index (χ1n) is 7.34. The van der Waals surface area contributed by atoms with Crippen molar-refractivity contribution >= 4 is 56.0 Å². The Morgan fingerprint density at radius 3 is 2.69 bits per heavy atom. The predicted molar refractivity (Wildman–Crippen MR) is 102 cm³/mol. The average molecular weight is 390 g/mol. The van der Waals surface area contributed by atoms with E-state index in [2.05, 4.69) is 10.3 Å².